The number of imidazole rings is 2. The molecule has 0 saturated carbocycles. The van der Waals surface area contributed by atoms with E-state index in [9.17, 15) is 0 Å². The van der Waals surface area contributed by atoms with Gasteiger partial charge in [0, 0.05) is 25.1 Å². The van der Waals surface area contributed by atoms with Crippen LogP contribution in [0.25, 0.3) is 43.9 Å². The minimum Gasteiger partial charge on any atom is -0.476 e. The highest BCUT2D eigenvalue weighted by Crippen LogP contribution is 2.36. The maximum Gasteiger partial charge on any atom is 0.240 e. The van der Waals surface area contributed by atoms with Crippen LogP contribution < -0.4 is 4.74 Å². The Morgan fingerprint density at radius 1 is 1.06 bits per heavy atom. The van der Waals surface area contributed by atoms with E-state index in [2.05, 4.69) is 49.4 Å². The van der Waals surface area contributed by atoms with Crippen LogP contribution in [0.1, 0.15) is 12.8 Å². The molecule has 0 unspecified atom stereocenters. The lowest BCUT2D eigenvalue weighted by molar-refractivity contribution is 0.148. The SMILES string of the molecule is [C-]#[N+]c1ccc(-c2nc(OC[C@@H]3CCCN(C)C3)c3cncn3c2-c2ccc3c(c2)ncn3C)cc1. The van der Waals surface area contributed by atoms with E-state index < -0.39 is 0 Å². The number of piperidine rings is 1. The Labute approximate surface area is 209 Å². The monoisotopic (exact) mass is 477 g/mol. The number of hydrogen-bond donors (Lipinski definition) is 0. The molecule has 0 bridgehead atoms. The molecule has 1 atom stereocenters. The molecule has 2 aromatic carbocycles. The van der Waals surface area contributed by atoms with Crippen LogP contribution in [0.2, 0.25) is 0 Å². The average Bonchev–Trinajstić information content (AvgIpc) is 3.54. The summed E-state index contributed by atoms with van der Waals surface area (Å²) in [5.41, 5.74) is 7.00. The molecule has 4 heterocycles. The number of ether oxygens (including phenoxy) is 1. The van der Waals surface area contributed by atoms with Crippen molar-refractivity contribution in [3.63, 3.8) is 0 Å². The van der Waals surface area contributed by atoms with Gasteiger partial charge in [-0.2, -0.15) is 0 Å². The smallest absolute Gasteiger partial charge is 0.240 e. The Hall–Kier alpha value is -4.22. The Morgan fingerprint density at radius 2 is 1.89 bits per heavy atom. The molecule has 0 amide bonds. The van der Waals surface area contributed by atoms with Gasteiger partial charge in [0.05, 0.1) is 54.5 Å². The van der Waals surface area contributed by atoms with Crippen LogP contribution in [0.15, 0.2) is 61.3 Å². The summed E-state index contributed by atoms with van der Waals surface area (Å²) in [5, 5.41) is 0. The minimum atomic E-state index is 0.473. The van der Waals surface area contributed by atoms with Crippen molar-refractivity contribution in [3.8, 4) is 28.4 Å². The summed E-state index contributed by atoms with van der Waals surface area (Å²) >= 11 is 0. The third-order valence-corrected chi connectivity index (χ3v) is 6.98. The molecule has 6 rings (SSSR count). The van der Waals surface area contributed by atoms with Gasteiger partial charge in [-0.05, 0) is 44.1 Å². The van der Waals surface area contributed by atoms with Crippen molar-refractivity contribution in [2.75, 3.05) is 26.7 Å². The number of nitrogens with zero attached hydrogens (tertiary/aromatic N) is 7. The number of aryl methyl sites for hydroxylation is 1. The molecule has 0 aliphatic carbocycles. The molecule has 1 saturated heterocycles. The Kier molecular flexibility index (Phi) is 5.62. The summed E-state index contributed by atoms with van der Waals surface area (Å²) < 4.78 is 10.4. The third kappa shape index (κ3) is 3.97. The first kappa shape index (κ1) is 22.3. The van der Waals surface area contributed by atoms with Gasteiger partial charge in [-0.15, -0.1) is 0 Å². The number of aromatic nitrogens is 5. The highest BCUT2D eigenvalue weighted by molar-refractivity contribution is 5.87. The maximum atomic E-state index is 7.33. The average molecular weight is 478 g/mol. The number of benzene rings is 2. The molecule has 3 aromatic heterocycles. The summed E-state index contributed by atoms with van der Waals surface area (Å²) in [5.74, 6) is 1.05. The largest absolute Gasteiger partial charge is 0.476 e. The van der Waals surface area contributed by atoms with Gasteiger partial charge in [0.2, 0.25) is 5.88 Å². The molecular weight excluding hydrogens is 450 g/mol. The number of likely N-dealkylation sites (tertiary alicyclic amines) is 1. The fourth-order valence-electron chi connectivity index (χ4n) is 5.12. The summed E-state index contributed by atoms with van der Waals surface area (Å²) in [4.78, 5) is 20.0. The lowest BCUT2D eigenvalue weighted by Crippen LogP contribution is -2.34. The van der Waals surface area contributed by atoms with E-state index in [-0.39, 0.29) is 0 Å². The Bertz CT molecular complexity index is 1590. The molecule has 36 heavy (non-hydrogen) atoms. The van der Waals surface area contributed by atoms with Crippen LogP contribution in [-0.4, -0.2) is 55.6 Å². The van der Waals surface area contributed by atoms with Crippen LogP contribution in [-0.2, 0) is 7.05 Å². The molecule has 1 aliphatic rings. The van der Waals surface area contributed by atoms with E-state index in [4.69, 9.17) is 16.3 Å². The molecule has 180 valence electrons. The fraction of sp³-hybridized carbons (Fsp3) is 0.286. The Morgan fingerprint density at radius 3 is 2.69 bits per heavy atom. The lowest BCUT2D eigenvalue weighted by atomic mass is 10.00. The second-order valence-electron chi connectivity index (χ2n) is 9.56. The lowest BCUT2D eigenvalue weighted by Gasteiger charge is -2.29. The molecule has 1 aliphatic heterocycles. The van der Waals surface area contributed by atoms with E-state index >= 15 is 0 Å². The minimum absolute atomic E-state index is 0.473. The van der Waals surface area contributed by atoms with Crippen molar-refractivity contribution in [2.24, 2.45) is 13.0 Å². The summed E-state index contributed by atoms with van der Waals surface area (Å²) in [6.45, 7) is 10.1. The van der Waals surface area contributed by atoms with Gasteiger partial charge in [-0.25, -0.2) is 19.8 Å². The first-order chi connectivity index (χ1) is 17.6. The highest BCUT2D eigenvalue weighted by atomic mass is 16.5. The van der Waals surface area contributed by atoms with Gasteiger partial charge in [0.25, 0.3) is 0 Å². The predicted molar refractivity (Wildman–Crippen MR) is 140 cm³/mol. The van der Waals surface area contributed by atoms with Gasteiger partial charge in [0.1, 0.15) is 5.52 Å². The molecule has 0 radical (unpaired) electrons. The number of hydrogen-bond acceptors (Lipinski definition) is 5. The van der Waals surface area contributed by atoms with Crippen molar-refractivity contribution in [1.29, 1.82) is 0 Å². The molecule has 8 nitrogen and oxygen atoms in total. The molecule has 5 aromatic rings. The molecular formula is C28H27N7O. The highest BCUT2D eigenvalue weighted by Gasteiger charge is 2.22. The zero-order chi connectivity index (χ0) is 24.6. The second kappa shape index (κ2) is 9.10. The third-order valence-electron chi connectivity index (χ3n) is 6.98. The predicted octanol–water partition coefficient (Wildman–Crippen LogP) is 5.22. The van der Waals surface area contributed by atoms with Crippen molar-refractivity contribution >= 4 is 22.2 Å². The topological polar surface area (TPSA) is 64.8 Å². The van der Waals surface area contributed by atoms with Crippen LogP contribution in [0.3, 0.4) is 0 Å². The zero-order valence-corrected chi connectivity index (χ0v) is 20.4. The first-order valence-electron chi connectivity index (χ1n) is 12.2. The standard InChI is InChI=1S/C28H27N7O/c1-29-22-9-6-20(7-10-22)26-27(21-8-11-24-23(13-21)31-18-34(24)3)35-17-30-14-25(35)28(32-26)36-16-19-5-4-12-33(2)15-19/h6-11,13-14,17-19H,4-5,12,15-16H2,2-3H3/t19-/m1/s1. The van der Waals surface area contributed by atoms with Gasteiger partial charge >= 0.3 is 0 Å². The van der Waals surface area contributed by atoms with Crippen molar-refractivity contribution < 1.29 is 4.74 Å². The van der Waals surface area contributed by atoms with Crippen molar-refractivity contribution in [3.05, 3.63) is 72.7 Å². The normalized spacial score (nSPS) is 16.4. The van der Waals surface area contributed by atoms with Gasteiger partial charge in [-0.1, -0.05) is 30.3 Å². The van der Waals surface area contributed by atoms with Gasteiger partial charge < -0.3 is 14.2 Å². The van der Waals surface area contributed by atoms with E-state index in [0.29, 0.717) is 24.1 Å². The molecule has 0 spiro atoms. The first-order valence-corrected chi connectivity index (χ1v) is 12.2. The molecule has 8 heteroatoms. The number of rotatable bonds is 5. The van der Waals surface area contributed by atoms with Gasteiger partial charge in [0.15, 0.2) is 5.69 Å². The van der Waals surface area contributed by atoms with E-state index in [1.165, 1.54) is 6.42 Å². The zero-order valence-electron chi connectivity index (χ0n) is 20.4. The second-order valence-corrected chi connectivity index (χ2v) is 9.56. The van der Waals surface area contributed by atoms with Crippen molar-refractivity contribution in [2.45, 2.75) is 12.8 Å². The summed E-state index contributed by atoms with van der Waals surface area (Å²) in [6, 6.07) is 13.8. The quantitative estimate of drug-likeness (QED) is 0.325. The molecule has 1 fully saturated rings. The summed E-state index contributed by atoms with van der Waals surface area (Å²) in [6.07, 6.45) is 7.79. The van der Waals surface area contributed by atoms with Crippen molar-refractivity contribution in [1.82, 2.24) is 28.8 Å². The van der Waals surface area contributed by atoms with Crippen LogP contribution >= 0.6 is 0 Å². The van der Waals surface area contributed by atoms with Gasteiger partial charge in [-0.3, -0.25) is 4.40 Å². The van der Waals surface area contributed by atoms with Crippen LogP contribution in [0, 0.1) is 12.5 Å². The van der Waals surface area contributed by atoms with E-state index in [1.807, 2.05) is 54.7 Å². The fourth-order valence-corrected chi connectivity index (χ4v) is 5.12. The Balaban J connectivity index is 1.49. The van der Waals surface area contributed by atoms with E-state index in [1.54, 1.807) is 0 Å². The van der Waals surface area contributed by atoms with Crippen LogP contribution in [0.4, 0.5) is 5.69 Å². The van der Waals surface area contributed by atoms with Crippen LogP contribution in [0.5, 0.6) is 5.88 Å². The maximum absolute atomic E-state index is 7.33. The van der Waals surface area contributed by atoms with E-state index in [0.717, 1.165) is 58.6 Å². The molecule has 0 N–H and O–H groups in total. The number of fused-ring (bicyclic) bond motifs is 2. The summed E-state index contributed by atoms with van der Waals surface area (Å²) in [7, 11) is 4.16.